The van der Waals surface area contributed by atoms with Crippen LogP contribution < -0.4 is 11.1 Å². The minimum Gasteiger partial charge on any atom is -0.373 e. The van der Waals surface area contributed by atoms with Gasteiger partial charge in [-0.2, -0.15) is 0 Å². The Morgan fingerprint density at radius 1 is 1.68 bits per heavy atom. The Bertz CT molecular complexity index is 485. The number of nitrogens with zero attached hydrogens (tertiary/aromatic N) is 2. The van der Waals surface area contributed by atoms with Crippen molar-refractivity contribution in [3.05, 3.63) is 22.8 Å². The Morgan fingerprint density at radius 3 is 3.05 bits per heavy atom. The molecule has 0 bridgehead atoms. The van der Waals surface area contributed by atoms with Gasteiger partial charge in [0, 0.05) is 31.6 Å². The number of halogens is 2. The van der Waals surface area contributed by atoms with E-state index < -0.39 is 6.17 Å². The first-order chi connectivity index (χ1) is 9.05. The third kappa shape index (κ3) is 2.96. The van der Waals surface area contributed by atoms with Gasteiger partial charge in [-0.1, -0.05) is 11.6 Å². The summed E-state index contributed by atoms with van der Waals surface area (Å²) in [6, 6.07) is 2.81. The van der Waals surface area contributed by atoms with Crippen molar-refractivity contribution in [2.75, 3.05) is 25.5 Å². The van der Waals surface area contributed by atoms with Gasteiger partial charge in [0.05, 0.1) is 6.54 Å². The fourth-order valence-electron chi connectivity index (χ4n) is 2.25. The lowest BCUT2D eigenvalue weighted by Gasteiger charge is -2.23. The zero-order chi connectivity index (χ0) is 14.0. The summed E-state index contributed by atoms with van der Waals surface area (Å²) in [5.41, 5.74) is 5.96. The zero-order valence-corrected chi connectivity index (χ0v) is 11.3. The topological polar surface area (TPSA) is 71.2 Å². The fraction of sp³-hybridized carbons (Fsp3) is 0.500. The number of anilines is 1. The van der Waals surface area contributed by atoms with Crippen LogP contribution in [0.4, 0.5) is 10.2 Å². The van der Waals surface area contributed by atoms with Crippen LogP contribution >= 0.6 is 11.6 Å². The fourth-order valence-corrected chi connectivity index (χ4v) is 2.45. The van der Waals surface area contributed by atoms with Crippen LogP contribution in [0.3, 0.4) is 0 Å². The van der Waals surface area contributed by atoms with Crippen molar-refractivity contribution in [3.8, 4) is 0 Å². The summed E-state index contributed by atoms with van der Waals surface area (Å²) in [6.45, 7) is 0.333. The number of aromatic nitrogens is 1. The van der Waals surface area contributed by atoms with Crippen molar-refractivity contribution in [1.29, 1.82) is 0 Å². The molecule has 3 N–H and O–H groups in total. The maximum Gasteiger partial charge on any atom is 0.254 e. The molecular weight excluding hydrogens is 271 g/mol. The maximum atomic E-state index is 13.4. The van der Waals surface area contributed by atoms with E-state index in [0.717, 1.165) is 0 Å². The average molecular weight is 287 g/mol. The van der Waals surface area contributed by atoms with Crippen LogP contribution in [-0.2, 0) is 0 Å². The Labute approximate surface area is 115 Å². The smallest absolute Gasteiger partial charge is 0.254 e. The molecule has 1 fully saturated rings. The van der Waals surface area contributed by atoms with Crippen molar-refractivity contribution >= 4 is 23.3 Å². The van der Waals surface area contributed by atoms with E-state index in [1.54, 1.807) is 13.1 Å². The van der Waals surface area contributed by atoms with E-state index in [1.807, 2.05) is 0 Å². The van der Waals surface area contributed by atoms with Crippen LogP contribution in [0.15, 0.2) is 12.1 Å². The van der Waals surface area contributed by atoms with Crippen LogP contribution in [0.25, 0.3) is 0 Å². The van der Waals surface area contributed by atoms with Crippen LogP contribution in [0.1, 0.15) is 16.8 Å². The van der Waals surface area contributed by atoms with Gasteiger partial charge < -0.3 is 16.0 Å². The summed E-state index contributed by atoms with van der Waals surface area (Å²) in [7, 11) is 1.68. The summed E-state index contributed by atoms with van der Waals surface area (Å²) in [4.78, 5) is 17.8. The number of nitrogens with two attached hydrogens (primary N) is 1. The molecule has 0 unspecified atom stereocenters. The SMILES string of the molecule is CNc1cc(C(=O)N2C[C@@H](F)C[C@H]2CN)cc(Cl)n1. The predicted octanol–water partition coefficient (Wildman–Crippen LogP) is 1.29. The molecule has 0 aromatic carbocycles. The quantitative estimate of drug-likeness (QED) is 0.822. The lowest BCUT2D eigenvalue weighted by atomic mass is 10.2. The highest BCUT2D eigenvalue weighted by Crippen LogP contribution is 2.23. The van der Waals surface area contributed by atoms with Crippen molar-refractivity contribution in [2.24, 2.45) is 5.73 Å². The highest BCUT2D eigenvalue weighted by molar-refractivity contribution is 6.29. The maximum absolute atomic E-state index is 13.4. The van der Waals surface area contributed by atoms with Crippen LogP contribution in [0.2, 0.25) is 5.15 Å². The Hall–Kier alpha value is -1.40. The number of pyridine rings is 1. The van der Waals surface area contributed by atoms with E-state index in [1.165, 1.54) is 11.0 Å². The third-order valence-electron chi connectivity index (χ3n) is 3.19. The van der Waals surface area contributed by atoms with Gasteiger partial charge in [-0.25, -0.2) is 9.37 Å². The summed E-state index contributed by atoms with van der Waals surface area (Å²) in [6.07, 6.45) is -0.724. The Morgan fingerprint density at radius 2 is 2.42 bits per heavy atom. The summed E-state index contributed by atoms with van der Waals surface area (Å²) < 4.78 is 13.4. The van der Waals surface area contributed by atoms with Gasteiger partial charge >= 0.3 is 0 Å². The lowest BCUT2D eigenvalue weighted by molar-refractivity contribution is 0.0733. The number of carbonyl (C=O) groups excluding carboxylic acids is 1. The highest BCUT2D eigenvalue weighted by atomic mass is 35.5. The van der Waals surface area contributed by atoms with Crippen molar-refractivity contribution in [2.45, 2.75) is 18.6 Å². The number of carbonyl (C=O) groups is 1. The number of alkyl halides is 1. The Kier molecular flexibility index (Phi) is 4.21. The standard InChI is InChI=1S/C12H16ClFN4O/c1-16-11-3-7(2-10(13)17-11)12(19)18-6-8(14)4-9(18)5-15/h2-3,8-9H,4-6,15H2,1H3,(H,16,17)/t8-,9-/m0/s1. The molecule has 2 atom stereocenters. The van der Waals surface area contributed by atoms with E-state index in [2.05, 4.69) is 10.3 Å². The molecule has 7 heteroatoms. The summed E-state index contributed by atoms with van der Waals surface area (Å²) >= 11 is 5.86. The second-order valence-corrected chi connectivity index (χ2v) is 4.88. The van der Waals surface area contributed by atoms with Crippen molar-refractivity contribution in [3.63, 3.8) is 0 Å². The third-order valence-corrected chi connectivity index (χ3v) is 3.39. The molecular formula is C12H16ClFN4O. The van der Waals surface area contributed by atoms with Crippen molar-refractivity contribution < 1.29 is 9.18 Å². The minimum absolute atomic E-state index is 0.0789. The van der Waals surface area contributed by atoms with Gasteiger partial charge in [0.25, 0.3) is 5.91 Å². The molecule has 1 aromatic heterocycles. The number of rotatable bonds is 3. The highest BCUT2D eigenvalue weighted by Gasteiger charge is 2.35. The number of amides is 1. The average Bonchev–Trinajstić information content (AvgIpc) is 2.78. The van der Waals surface area contributed by atoms with Gasteiger partial charge in [-0.3, -0.25) is 4.79 Å². The monoisotopic (exact) mass is 286 g/mol. The number of likely N-dealkylation sites (tertiary alicyclic amines) is 1. The molecule has 1 amide bonds. The number of hydrogen-bond donors (Lipinski definition) is 2. The zero-order valence-electron chi connectivity index (χ0n) is 10.6. The summed E-state index contributed by atoms with van der Waals surface area (Å²) in [5, 5.41) is 3.04. The second-order valence-electron chi connectivity index (χ2n) is 4.49. The normalized spacial score (nSPS) is 22.6. The predicted molar refractivity (Wildman–Crippen MR) is 72.2 cm³/mol. The first-order valence-electron chi connectivity index (χ1n) is 6.05. The van der Waals surface area contributed by atoms with Gasteiger partial charge in [0.1, 0.15) is 17.1 Å². The molecule has 1 aromatic rings. The van der Waals surface area contributed by atoms with Crippen LogP contribution in [0, 0.1) is 0 Å². The second kappa shape index (κ2) is 5.71. The molecule has 0 aliphatic carbocycles. The molecule has 1 aliphatic heterocycles. The molecule has 0 spiro atoms. The molecule has 0 radical (unpaired) electrons. The molecule has 0 saturated carbocycles. The minimum atomic E-state index is -1.02. The largest absolute Gasteiger partial charge is 0.373 e. The van der Waals surface area contributed by atoms with Crippen molar-refractivity contribution in [1.82, 2.24) is 9.88 Å². The van der Waals surface area contributed by atoms with E-state index in [9.17, 15) is 9.18 Å². The van der Waals surface area contributed by atoms with Gasteiger partial charge in [0.15, 0.2) is 0 Å². The first-order valence-corrected chi connectivity index (χ1v) is 6.43. The molecule has 1 saturated heterocycles. The van der Waals surface area contributed by atoms with E-state index in [-0.39, 0.29) is 30.2 Å². The van der Waals surface area contributed by atoms with Gasteiger partial charge in [-0.05, 0) is 12.1 Å². The van der Waals surface area contributed by atoms with Gasteiger partial charge in [0.2, 0.25) is 0 Å². The molecule has 19 heavy (non-hydrogen) atoms. The van der Waals surface area contributed by atoms with Crippen LogP contribution in [0.5, 0.6) is 0 Å². The van der Waals surface area contributed by atoms with Crippen LogP contribution in [-0.4, -0.2) is 48.1 Å². The summed E-state index contributed by atoms with van der Waals surface area (Å²) in [5.74, 6) is 0.229. The van der Waals surface area contributed by atoms with Gasteiger partial charge in [-0.15, -0.1) is 0 Å². The number of hydrogen-bond acceptors (Lipinski definition) is 4. The molecule has 1 aliphatic rings. The molecule has 2 rings (SSSR count). The molecule has 104 valence electrons. The Balaban J connectivity index is 2.26. The first kappa shape index (κ1) is 14.0. The molecule has 2 heterocycles. The molecule has 5 nitrogen and oxygen atoms in total. The van der Waals surface area contributed by atoms with E-state index >= 15 is 0 Å². The van der Waals surface area contributed by atoms with E-state index in [0.29, 0.717) is 17.8 Å². The lowest BCUT2D eigenvalue weighted by Crippen LogP contribution is -2.40. The van der Waals surface area contributed by atoms with E-state index in [4.69, 9.17) is 17.3 Å². The number of nitrogens with one attached hydrogen (secondary N) is 1.